The smallest absolute Gasteiger partial charge is 0.292 e. The van der Waals surface area contributed by atoms with Gasteiger partial charge in [0.15, 0.2) is 0 Å². The van der Waals surface area contributed by atoms with Gasteiger partial charge in [-0.05, 0) is 38.4 Å². The van der Waals surface area contributed by atoms with Crippen molar-refractivity contribution >= 4 is 11.4 Å². The third kappa shape index (κ3) is 2.98. The van der Waals surface area contributed by atoms with Gasteiger partial charge in [-0.3, -0.25) is 10.1 Å². The van der Waals surface area contributed by atoms with E-state index >= 15 is 0 Å². The fraction of sp³-hybridized carbons (Fsp3) is 0.538. The van der Waals surface area contributed by atoms with Crippen molar-refractivity contribution in [3.05, 3.63) is 33.9 Å². The molecule has 0 radical (unpaired) electrons. The Kier molecular flexibility index (Phi) is 4.15. The maximum absolute atomic E-state index is 10.9. The van der Waals surface area contributed by atoms with Crippen LogP contribution in [0.5, 0.6) is 0 Å². The van der Waals surface area contributed by atoms with Crippen LogP contribution < -0.4 is 5.32 Å². The minimum absolute atomic E-state index is 0.163. The molecule has 0 atom stereocenters. The van der Waals surface area contributed by atoms with E-state index in [1.54, 1.807) is 12.1 Å². The van der Waals surface area contributed by atoms with E-state index in [4.69, 9.17) is 0 Å². The molecule has 0 saturated carbocycles. The normalized spacial score (nSPS) is 15.8. The molecule has 1 heterocycles. The highest BCUT2D eigenvalue weighted by atomic mass is 16.6. The predicted octanol–water partition coefficient (Wildman–Crippen LogP) is 2.41. The molecule has 1 aliphatic rings. The van der Waals surface area contributed by atoms with E-state index in [2.05, 4.69) is 10.2 Å². The second-order valence-electron chi connectivity index (χ2n) is 4.70. The average molecular weight is 249 g/mol. The quantitative estimate of drug-likeness (QED) is 0.643. The summed E-state index contributed by atoms with van der Waals surface area (Å²) in [5.74, 6) is 0. The van der Waals surface area contributed by atoms with Crippen LogP contribution in [0.1, 0.15) is 18.4 Å². The van der Waals surface area contributed by atoms with E-state index < -0.39 is 0 Å². The summed E-state index contributed by atoms with van der Waals surface area (Å²) in [6.45, 7) is 5.90. The molecule has 0 amide bonds. The van der Waals surface area contributed by atoms with Crippen LogP contribution in [0.25, 0.3) is 0 Å². The molecule has 18 heavy (non-hydrogen) atoms. The first-order valence-electron chi connectivity index (χ1n) is 6.39. The third-order valence-corrected chi connectivity index (χ3v) is 3.38. The van der Waals surface area contributed by atoms with E-state index in [9.17, 15) is 10.1 Å². The van der Waals surface area contributed by atoms with Crippen molar-refractivity contribution in [2.75, 3.05) is 31.5 Å². The molecule has 1 aromatic rings. The molecule has 98 valence electrons. The van der Waals surface area contributed by atoms with Gasteiger partial charge in [-0.15, -0.1) is 0 Å². The van der Waals surface area contributed by atoms with Crippen molar-refractivity contribution in [1.29, 1.82) is 0 Å². The number of nitrogens with zero attached hydrogens (tertiary/aromatic N) is 2. The van der Waals surface area contributed by atoms with Crippen molar-refractivity contribution < 1.29 is 4.92 Å². The number of para-hydroxylation sites is 1. The molecular weight excluding hydrogens is 230 g/mol. The predicted molar refractivity (Wildman–Crippen MR) is 72.0 cm³/mol. The molecule has 0 bridgehead atoms. The second-order valence-corrected chi connectivity index (χ2v) is 4.70. The molecule has 0 aromatic heterocycles. The first-order chi connectivity index (χ1) is 8.68. The monoisotopic (exact) mass is 249 g/mol. The third-order valence-electron chi connectivity index (χ3n) is 3.38. The Morgan fingerprint density at radius 1 is 1.39 bits per heavy atom. The molecule has 2 rings (SSSR count). The highest BCUT2D eigenvalue weighted by molar-refractivity contribution is 5.65. The zero-order valence-electron chi connectivity index (χ0n) is 10.7. The highest BCUT2D eigenvalue weighted by Gasteiger charge is 2.16. The van der Waals surface area contributed by atoms with Gasteiger partial charge in [0.2, 0.25) is 0 Å². The van der Waals surface area contributed by atoms with Crippen LogP contribution in [0.15, 0.2) is 18.2 Å². The molecule has 5 heteroatoms. The summed E-state index contributed by atoms with van der Waals surface area (Å²) in [7, 11) is 0. The number of hydrogen-bond acceptors (Lipinski definition) is 4. The largest absolute Gasteiger partial charge is 0.378 e. The Labute approximate surface area is 107 Å². The average Bonchev–Trinajstić information content (AvgIpc) is 2.84. The lowest BCUT2D eigenvalue weighted by Crippen LogP contribution is -2.26. The lowest BCUT2D eigenvalue weighted by molar-refractivity contribution is -0.384. The van der Waals surface area contributed by atoms with Crippen LogP contribution in [0.2, 0.25) is 0 Å². The van der Waals surface area contributed by atoms with Gasteiger partial charge in [-0.25, -0.2) is 0 Å². The number of nitrogens with one attached hydrogen (secondary N) is 1. The SMILES string of the molecule is Cc1cccc([N+](=O)[O-])c1NCCN1CCCC1. The molecule has 1 saturated heterocycles. The minimum Gasteiger partial charge on any atom is -0.378 e. The standard InChI is InChI=1S/C13H19N3O2/c1-11-5-4-6-12(16(17)18)13(11)14-7-10-15-8-2-3-9-15/h4-6,14H,2-3,7-10H2,1H3. The van der Waals surface area contributed by atoms with Gasteiger partial charge in [0, 0.05) is 19.2 Å². The van der Waals surface area contributed by atoms with Crippen LogP contribution in [0.4, 0.5) is 11.4 Å². The number of anilines is 1. The fourth-order valence-corrected chi connectivity index (χ4v) is 2.38. The summed E-state index contributed by atoms with van der Waals surface area (Å²) in [4.78, 5) is 13.0. The van der Waals surface area contributed by atoms with E-state index in [1.807, 2.05) is 13.0 Å². The summed E-state index contributed by atoms with van der Waals surface area (Å²) in [6, 6.07) is 5.16. The van der Waals surface area contributed by atoms with Crippen molar-refractivity contribution in [1.82, 2.24) is 4.90 Å². The Morgan fingerprint density at radius 2 is 2.11 bits per heavy atom. The van der Waals surface area contributed by atoms with E-state index in [-0.39, 0.29) is 10.6 Å². The van der Waals surface area contributed by atoms with Crippen LogP contribution >= 0.6 is 0 Å². The van der Waals surface area contributed by atoms with Crippen molar-refractivity contribution in [2.24, 2.45) is 0 Å². The topological polar surface area (TPSA) is 58.4 Å². The number of likely N-dealkylation sites (tertiary alicyclic amines) is 1. The molecule has 5 nitrogen and oxygen atoms in total. The number of nitro groups is 1. The molecule has 1 aliphatic heterocycles. The zero-order chi connectivity index (χ0) is 13.0. The molecule has 1 N–H and O–H groups in total. The van der Waals surface area contributed by atoms with Crippen LogP contribution in [-0.4, -0.2) is 36.0 Å². The number of hydrogen-bond donors (Lipinski definition) is 1. The van der Waals surface area contributed by atoms with Crippen molar-refractivity contribution in [3.63, 3.8) is 0 Å². The first-order valence-corrected chi connectivity index (χ1v) is 6.39. The maximum atomic E-state index is 10.9. The van der Waals surface area contributed by atoms with E-state index in [0.717, 1.165) is 31.7 Å². The van der Waals surface area contributed by atoms with E-state index in [1.165, 1.54) is 12.8 Å². The van der Waals surface area contributed by atoms with Crippen molar-refractivity contribution in [2.45, 2.75) is 19.8 Å². The second kappa shape index (κ2) is 5.82. The minimum atomic E-state index is -0.328. The first kappa shape index (κ1) is 12.8. The van der Waals surface area contributed by atoms with Crippen LogP contribution in [-0.2, 0) is 0 Å². The summed E-state index contributed by atoms with van der Waals surface area (Å²) in [5, 5.41) is 14.2. The number of benzene rings is 1. The van der Waals surface area contributed by atoms with Gasteiger partial charge >= 0.3 is 0 Å². The zero-order valence-corrected chi connectivity index (χ0v) is 10.7. The highest BCUT2D eigenvalue weighted by Crippen LogP contribution is 2.27. The Bertz CT molecular complexity index is 428. The molecule has 0 aliphatic carbocycles. The van der Waals surface area contributed by atoms with Gasteiger partial charge in [0.05, 0.1) is 4.92 Å². The van der Waals surface area contributed by atoms with E-state index in [0.29, 0.717) is 5.69 Å². The van der Waals surface area contributed by atoms with Crippen LogP contribution in [0, 0.1) is 17.0 Å². The molecule has 0 spiro atoms. The molecule has 0 unspecified atom stereocenters. The van der Waals surface area contributed by atoms with Gasteiger partial charge in [0.1, 0.15) is 5.69 Å². The lowest BCUT2D eigenvalue weighted by atomic mass is 10.1. The summed E-state index contributed by atoms with van der Waals surface area (Å²) >= 11 is 0. The lowest BCUT2D eigenvalue weighted by Gasteiger charge is -2.16. The number of nitro benzene ring substituents is 1. The van der Waals surface area contributed by atoms with Gasteiger partial charge < -0.3 is 10.2 Å². The Morgan fingerprint density at radius 3 is 2.78 bits per heavy atom. The number of rotatable bonds is 5. The van der Waals surface area contributed by atoms with Gasteiger partial charge in [0.25, 0.3) is 5.69 Å². The summed E-state index contributed by atoms with van der Waals surface area (Å²) in [5.41, 5.74) is 1.74. The Hall–Kier alpha value is -1.62. The maximum Gasteiger partial charge on any atom is 0.292 e. The van der Waals surface area contributed by atoms with Gasteiger partial charge in [-0.2, -0.15) is 0 Å². The van der Waals surface area contributed by atoms with Crippen LogP contribution in [0.3, 0.4) is 0 Å². The Balaban J connectivity index is 1.97. The van der Waals surface area contributed by atoms with Crippen molar-refractivity contribution in [3.8, 4) is 0 Å². The van der Waals surface area contributed by atoms with Gasteiger partial charge in [-0.1, -0.05) is 12.1 Å². The summed E-state index contributed by atoms with van der Waals surface area (Å²) < 4.78 is 0. The summed E-state index contributed by atoms with van der Waals surface area (Å²) in [6.07, 6.45) is 2.54. The fourth-order valence-electron chi connectivity index (χ4n) is 2.38. The number of aryl methyl sites for hydroxylation is 1. The molecule has 1 fully saturated rings. The molecule has 1 aromatic carbocycles. The molecular formula is C13H19N3O2.